The van der Waals surface area contributed by atoms with Gasteiger partial charge in [-0.15, -0.1) is 0 Å². The molecule has 0 unspecified atom stereocenters. The van der Waals surface area contributed by atoms with Gasteiger partial charge in [0.2, 0.25) is 0 Å². The first-order valence-electron chi connectivity index (χ1n) is 5.24. The lowest BCUT2D eigenvalue weighted by Gasteiger charge is -2.10. The largest absolute Gasteiger partial charge is 0.456 e. The van der Waals surface area contributed by atoms with E-state index in [-0.39, 0.29) is 0 Å². The fraction of sp³-hybridized carbons (Fsp3) is 0.0714. The first-order chi connectivity index (χ1) is 8.61. The third kappa shape index (κ3) is 2.66. The van der Waals surface area contributed by atoms with E-state index in [0.29, 0.717) is 26.6 Å². The van der Waals surface area contributed by atoms with Crippen LogP contribution in [0.2, 0.25) is 5.02 Å². The van der Waals surface area contributed by atoms with Crippen molar-refractivity contribution in [3.63, 3.8) is 0 Å². The Bertz CT molecular complexity index is 634. The van der Waals surface area contributed by atoms with Crippen LogP contribution in [0.15, 0.2) is 40.9 Å². The summed E-state index contributed by atoms with van der Waals surface area (Å²) >= 11 is 9.22. The van der Waals surface area contributed by atoms with Crippen LogP contribution in [0.4, 0.5) is 0 Å². The fourth-order valence-corrected chi connectivity index (χ4v) is 2.21. The Morgan fingerprint density at radius 1 is 1.22 bits per heavy atom. The van der Waals surface area contributed by atoms with Crippen LogP contribution in [0, 0.1) is 18.3 Å². The molecule has 0 aliphatic heterocycles. The number of hydrogen-bond acceptors (Lipinski definition) is 2. The summed E-state index contributed by atoms with van der Waals surface area (Å²) < 4.78 is 6.47. The molecular formula is C14H9BrClNO. The van der Waals surface area contributed by atoms with Crippen LogP contribution in [-0.4, -0.2) is 0 Å². The van der Waals surface area contributed by atoms with Gasteiger partial charge in [-0.25, -0.2) is 0 Å². The zero-order chi connectivity index (χ0) is 13.1. The predicted octanol–water partition coefficient (Wildman–Crippen LogP) is 5.07. The highest BCUT2D eigenvalue weighted by Crippen LogP contribution is 2.32. The summed E-state index contributed by atoms with van der Waals surface area (Å²) in [6, 6.07) is 12.9. The van der Waals surface area contributed by atoms with Gasteiger partial charge in [-0.05, 0) is 58.7 Å². The second-order valence-corrected chi connectivity index (χ2v) is 5.03. The highest BCUT2D eigenvalue weighted by Gasteiger charge is 2.09. The van der Waals surface area contributed by atoms with Crippen molar-refractivity contribution in [3.8, 4) is 17.6 Å². The first kappa shape index (κ1) is 12.9. The Labute approximate surface area is 119 Å². The second-order valence-electron chi connectivity index (χ2n) is 3.74. The second kappa shape index (κ2) is 5.43. The van der Waals surface area contributed by atoms with Gasteiger partial charge in [0.1, 0.15) is 23.1 Å². The first-order valence-corrected chi connectivity index (χ1v) is 6.41. The van der Waals surface area contributed by atoms with E-state index in [4.69, 9.17) is 21.6 Å². The number of rotatable bonds is 2. The quantitative estimate of drug-likeness (QED) is 0.773. The van der Waals surface area contributed by atoms with Crippen LogP contribution < -0.4 is 4.74 Å². The monoisotopic (exact) mass is 321 g/mol. The molecule has 0 heterocycles. The van der Waals surface area contributed by atoms with Crippen molar-refractivity contribution in [2.45, 2.75) is 6.92 Å². The Morgan fingerprint density at radius 2 is 2.00 bits per heavy atom. The normalized spacial score (nSPS) is 9.89. The molecular weight excluding hydrogens is 314 g/mol. The molecule has 0 saturated heterocycles. The lowest BCUT2D eigenvalue weighted by Crippen LogP contribution is -1.91. The molecule has 0 radical (unpaired) electrons. The van der Waals surface area contributed by atoms with Gasteiger partial charge in [0.15, 0.2) is 0 Å². The summed E-state index contributed by atoms with van der Waals surface area (Å²) in [6.45, 7) is 1.91. The maximum atomic E-state index is 9.11. The minimum atomic E-state index is 0.479. The molecule has 90 valence electrons. The van der Waals surface area contributed by atoms with Crippen LogP contribution in [0.25, 0.3) is 0 Å². The van der Waals surface area contributed by atoms with Crippen molar-refractivity contribution in [1.29, 1.82) is 5.26 Å². The van der Waals surface area contributed by atoms with Gasteiger partial charge in [0.25, 0.3) is 0 Å². The minimum Gasteiger partial charge on any atom is -0.456 e. The Kier molecular flexibility index (Phi) is 3.90. The predicted molar refractivity (Wildman–Crippen MR) is 75.1 cm³/mol. The molecule has 0 aliphatic rings. The zero-order valence-corrected chi connectivity index (χ0v) is 11.9. The SMILES string of the molecule is Cc1cc(Cl)ccc1Oc1cccc(Br)c1C#N. The standard InChI is InChI=1S/C14H9BrClNO/c1-9-7-10(16)5-6-13(9)18-14-4-2-3-12(15)11(14)8-17/h2-7H,1H3. The molecule has 0 N–H and O–H groups in total. The van der Waals surface area contributed by atoms with Crippen LogP contribution >= 0.6 is 27.5 Å². The Balaban J connectivity index is 2.41. The van der Waals surface area contributed by atoms with Gasteiger partial charge in [-0.3, -0.25) is 0 Å². The number of benzene rings is 2. The van der Waals surface area contributed by atoms with Crippen LogP contribution in [0.3, 0.4) is 0 Å². The molecule has 2 nitrogen and oxygen atoms in total. The summed E-state index contributed by atoms with van der Waals surface area (Å²) in [5.41, 5.74) is 1.40. The molecule has 2 aromatic carbocycles. The van der Waals surface area contributed by atoms with E-state index in [1.54, 1.807) is 24.3 Å². The fourth-order valence-electron chi connectivity index (χ4n) is 1.54. The van der Waals surface area contributed by atoms with E-state index in [9.17, 15) is 0 Å². The molecule has 2 rings (SSSR count). The average molecular weight is 323 g/mol. The van der Waals surface area contributed by atoms with Crippen molar-refractivity contribution < 1.29 is 4.74 Å². The zero-order valence-electron chi connectivity index (χ0n) is 9.58. The molecule has 0 atom stereocenters. The summed E-state index contributed by atoms with van der Waals surface area (Å²) in [6.07, 6.45) is 0. The third-order valence-corrected chi connectivity index (χ3v) is 3.34. The van der Waals surface area contributed by atoms with Crippen molar-refractivity contribution >= 4 is 27.5 Å². The molecule has 2 aromatic rings. The van der Waals surface area contributed by atoms with Crippen molar-refractivity contribution in [2.24, 2.45) is 0 Å². The minimum absolute atomic E-state index is 0.479. The highest BCUT2D eigenvalue weighted by atomic mass is 79.9. The Hall–Kier alpha value is -1.50. The highest BCUT2D eigenvalue weighted by molar-refractivity contribution is 9.10. The molecule has 18 heavy (non-hydrogen) atoms. The number of halogens is 2. The molecule has 0 bridgehead atoms. The van der Waals surface area contributed by atoms with Crippen LogP contribution in [-0.2, 0) is 0 Å². The summed E-state index contributed by atoms with van der Waals surface area (Å²) in [7, 11) is 0. The summed E-state index contributed by atoms with van der Waals surface area (Å²) in [4.78, 5) is 0. The lowest BCUT2D eigenvalue weighted by molar-refractivity contribution is 0.477. The number of nitrogens with zero attached hydrogens (tertiary/aromatic N) is 1. The van der Waals surface area contributed by atoms with Gasteiger partial charge < -0.3 is 4.74 Å². The molecule has 0 amide bonds. The molecule has 4 heteroatoms. The number of nitriles is 1. The van der Waals surface area contributed by atoms with Gasteiger partial charge in [-0.1, -0.05) is 17.7 Å². The van der Waals surface area contributed by atoms with Crippen LogP contribution in [0.1, 0.15) is 11.1 Å². The van der Waals surface area contributed by atoms with E-state index < -0.39 is 0 Å². The van der Waals surface area contributed by atoms with E-state index in [0.717, 1.165) is 5.56 Å². The average Bonchev–Trinajstić information content (AvgIpc) is 2.33. The van der Waals surface area contributed by atoms with E-state index in [2.05, 4.69) is 22.0 Å². The summed E-state index contributed by atoms with van der Waals surface area (Å²) in [5, 5.41) is 9.77. The molecule has 0 fully saturated rings. The van der Waals surface area contributed by atoms with E-state index in [1.807, 2.05) is 19.1 Å². The smallest absolute Gasteiger partial charge is 0.146 e. The topological polar surface area (TPSA) is 33.0 Å². The lowest BCUT2D eigenvalue weighted by atomic mass is 10.2. The molecule has 0 aromatic heterocycles. The van der Waals surface area contributed by atoms with E-state index in [1.165, 1.54) is 0 Å². The third-order valence-electron chi connectivity index (χ3n) is 2.44. The molecule has 0 saturated carbocycles. The summed E-state index contributed by atoms with van der Waals surface area (Å²) in [5.74, 6) is 1.21. The van der Waals surface area contributed by atoms with Crippen molar-refractivity contribution in [2.75, 3.05) is 0 Å². The number of aryl methyl sites for hydroxylation is 1. The molecule has 0 aliphatic carbocycles. The number of ether oxygens (including phenoxy) is 1. The van der Waals surface area contributed by atoms with Gasteiger partial charge >= 0.3 is 0 Å². The maximum absolute atomic E-state index is 9.11. The number of hydrogen-bond donors (Lipinski definition) is 0. The van der Waals surface area contributed by atoms with Crippen LogP contribution in [0.5, 0.6) is 11.5 Å². The van der Waals surface area contributed by atoms with Crippen molar-refractivity contribution in [1.82, 2.24) is 0 Å². The van der Waals surface area contributed by atoms with Gasteiger partial charge in [0.05, 0.1) is 0 Å². The molecule has 0 spiro atoms. The van der Waals surface area contributed by atoms with Gasteiger partial charge in [-0.2, -0.15) is 5.26 Å². The van der Waals surface area contributed by atoms with Gasteiger partial charge in [0, 0.05) is 9.50 Å². The maximum Gasteiger partial charge on any atom is 0.146 e. The Morgan fingerprint density at radius 3 is 2.67 bits per heavy atom. The van der Waals surface area contributed by atoms with E-state index >= 15 is 0 Å². The van der Waals surface area contributed by atoms with Crippen molar-refractivity contribution in [3.05, 3.63) is 57.0 Å².